The standard InChI is InChI=1S/C27H32ClN5O4/c1-16(2)37-23-11-10-19(13-21(23)28)26(35)31-20(14-24(34)29-3)12-17-6-8-18(9-7-17)22-15-33(5)25(32-22)27(36)30-4/h6-11,13,15-16,20H,12,14H2,1-5H3,(H,29,34)(H,30,36)(H,31,35)/t20-/m0/s1. The van der Waals surface area contributed by atoms with E-state index in [1.165, 1.54) is 0 Å². The van der Waals surface area contributed by atoms with E-state index in [9.17, 15) is 14.4 Å². The van der Waals surface area contributed by atoms with Crippen LogP contribution in [-0.2, 0) is 18.3 Å². The second kappa shape index (κ2) is 12.4. The molecule has 1 atom stereocenters. The molecule has 0 saturated heterocycles. The molecule has 9 nitrogen and oxygen atoms in total. The smallest absolute Gasteiger partial charge is 0.287 e. The summed E-state index contributed by atoms with van der Waals surface area (Å²) in [4.78, 5) is 41.5. The molecule has 3 aromatic rings. The number of aryl methyl sites for hydroxylation is 1. The van der Waals surface area contributed by atoms with Gasteiger partial charge in [0.15, 0.2) is 5.82 Å². The average molecular weight is 526 g/mol. The summed E-state index contributed by atoms with van der Waals surface area (Å²) in [6, 6.07) is 12.1. The Morgan fingerprint density at radius 3 is 2.32 bits per heavy atom. The molecule has 0 spiro atoms. The predicted octanol–water partition coefficient (Wildman–Crippen LogP) is 3.36. The van der Waals surface area contributed by atoms with Crippen LogP contribution in [0.1, 0.15) is 46.8 Å². The molecule has 0 aliphatic heterocycles. The van der Waals surface area contributed by atoms with E-state index in [-0.39, 0.29) is 30.2 Å². The lowest BCUT2D eigenvalue weighted by molar-refractivity contribution is -0.121. The van der Waals surface area contributed by atoms with Gasteiger partial charge < -0.3 is 25.3 Å². The molecule has 0 bridgehead atoms. The van der Waals surface area contributed by atoms with Gasteiger partial charge in [-0.2, -0.15) is 0 Å². The topological polar surface area (TPSA) is 114 Å². The van der Waals surface area contributed by atoms with Crippen molar-refractivity contribution in [2.24, 2.45) is 7.05 Å². The zero-order valence-electron chi connectivity index (χ0n) is 21.6. The highest BCUT2D eigenvalue weighted by atomic mass is 35.5. The number of nitrogens with zero attached hydrogens (tertiary/aromatic N) is 2. The first-order valence-corrected chi connectivity index (χ1v) is 12.3. The minimum Gasteiger partial charge on any atom is -0.489 e. The molecule has 37 heavy (non-hydrogen) atoms. The maximum atomic E-state index is 13.0. The third-order valence-electron chi connectivity index (χ3n) is 5.64. The Balaban J connectivity index is 1.74. The van der Waals surface area contributed by atoms with Gasteiger partial charge in [-0.1, -0.05) is 35.9 Å². The number of imidazole rings is 1. The Kier molecular flexibility index (Phi) is 9.30. The van der Waals surface area contributed by atoms with E-state index in [1.54, 1.807) is 50.1 Å². The summed E-state index contributed by atoms with van der Waals surface area (Å²) in [7, 11) is 4.88. The molecule has 1 heterocycles. The van der Waals surface area contributed by atoms with Crippen molar-refractivity contribution in [1.29, 1.82) is 0 Å². The number of hydrogen-bond acceptors (Lipinski definition) is 5. The van der Waals surface area contributed by atoms with Gasteiger partial charge >= 0.3 is 0 Å². The van der Waals surface area contributed by atoms with Crippen LogP contribution in [0.3, 0.4) is 0 Å². The van der Waals surface area contributed by atoms with Crippen LogP contribution in [0.2, 0.25) is 5.02 Å². The van der Waals surface area contributed by atoms with E-state index < -0.39 is 6.04 Å². The van der Waals surface area contributed by atoms with Crippen molar-refractivity contribution in [3.63, 3.8) is 0 Å². The normalized spacial score (nSPS) is 11.6. The first-order chi connectivity index (χ1) is 17.6. The van der Waals surface area contributed by atoms with Crippen molar-refractivity contribution >= 4 is 29.3 Å². The van der Waals surface area contributed by atoms with Crippen LogP contribution in [0.15, 0.2) is 48.7 Å². The molecule has 10 heteroatoms. The molecule has 1 aromatic heterocycles. The summed E-state index contributed by atoms with van der Waals surface area (Å²) in [5.74, 6) is 0.0421. The fraction of sp³-hybridized carbons (Fsp3) is 0.333. The summed E-state index contributed by atoms with van der Waals surface area (Å²) < 4.78 is 7.30. The van der Waals surface area contributed by atoms with Crippen LogP contribution >= 0.6 is 11.6 Å². The highest BCUT2D eigenvalue weighted by Gasteiger charge is 2.19. The number of aromatic nitrogens is 2. The molecular formula is C27H32ClN5O4. The summed E-state index contributed by atoms with van der Waals surface area (Å²) in [5, 5.41) is 8.48. The Hall–Kier alpha value is -3.85. The van der Waals surface area contributed by atoms with Gasteiger partial charge in [0.1, 0.15) is 5.75 Å². The summed E-state index contributed by atoms with van der Waals surface area (Å²) >= 11 is 6.29. The Bertz CT molecular complexity index is 1270. The fourth-order valence-electron chi connectivity index (χ4n) is 3.78. The maximum absolute atomic E-state index is 13.0. The van der Waals surface area contributed by atoms with Gasteiger partial charge in [-0.3, -0.25) is 14.4 Å². The average Bonchev–Trinajstić information content (AvgIpc) is 3.26. The number of rotatable bonds is 10. The zero-order chi connectivity index (χ0) is 27.1. The third kappa shape index (κ3) is 7.33. The van der Waals surface area contributed by atoms with E-state index in [2.05, 4.69) is 20.9 Å². The van der Waals surface area contributed by atoms with E-state index in [1.807, 2.05) is 38.1 Å². The second-order valence-corrected chi connectivity index (χ2v) is 9.31. The molecular weight excluding hydrogens is 494 g/mol. The minimum absolute atomic E-state index is 0.0453. The van der Waals surface area contributed by atoms with Crippen molar-refractivity contribution < 1.29 is 19.1 Å². The number of benzene rings is 2. The Morgan fingerprint density at radius 1 is 1.03 bits per heavy atom. The van der Waals surface area contributed by atoms with Crippen molar-refractivity contribution in [2.45, 2.75) is 38.8 Å². The molecule has 0 radical (unpaired) electrons. The highest BCUT2D eigenvalue weighted by Crippen LogP contribution is 2.26. The molecule has 0 fully saturated rings. The van der Waals surface area contributed by atoms with Crippen LogP contribution in [0.25, 0.3) is 11.3 Å². The van der Waals surface area contributed by atoms with Gasteiger partial charge in [0.05, 0.1) is 16.8 Å². The lowest BCUT2D eigenvalue weighted by Crippen LogP contribution is -2.40. The Morgan fingerprint density at radius 2 is 1.73 bits per heavy atom. The molecule has 0 aliphatic carbocycles. The van der Waals surface area contributed by atoms with Gasteiger partial charge in [0.2, 0.25) is 5.91 Å². The van der Waals surface area contributed by atoms with E-state index in [0.29, 0.717) is 34.3 Å². The summed E-state index contributed by atoms with van der Waals surface area (Å²) in [5.41, 5.74) is 2.82. The third-order valence-corrected chi connectivity index (χ3v) is 5.94. The van der Waals surface area contributed by atoms with Crippen molar-refractivity contribution in [1.82, 2.24) is 25.5 Å². The van der Waals surface area contributed by atoms with Crippen LogP contribution in [0, 0.1) is 0 Å². The van der Waals surface area contributed by atoms with Gasteiger partial charge in [0, 0.05) is 50.9 Å². The molecule has 3 amide bonds. The Labute approximate surface area is 221 Å². The maximum Gasteiger partial charge on any atom is 0.287 e. The molecule has 2 aromatic carbocycles. The summed E-state index contributed by atoms with van der Waals surface area (Å²) in [6.45, 7) is 3.79. The van der Waals surface area contributed by atoms with Crippen molar-refractivity contribution in [3.05, 3.63) is 70.6 Å². The van der Waals surface area contributed by atoms with Crippen LogP contribution in [-0.4, -0.2) is 53.5 Å². The van der Waals surface area contributed by atoms with Crippen molar-refractivity contribution in [2.75, 3.05) is 14.1 Å². The van der Waals surface area contributed by atoms with Gasteiger partial charge in [-0.05, 0) is 44.0 Å². The number of ether oxygens (including phenoxy) is 1. The molecule has 3 N–H and O–H groups in total. The van der Waals surface area contributed by atoms with Crippen molar-refractivity contribution in [3.8, 4) is 17.0 Å². The van der Waals surface area contributed by atoms with Gasteiger partial charge in [-0.25, -0.2) is 4.98 Å². The first-order valence-electron chi connectivity index (χ1n) is 11.9. The quantitative estimate of drug-likeness (QED) is 0.375. The minimum atomic E-state index is -0.446. The molecule has 196 valence electrons. The molecule has 3 rings (SSSR count). The highest BCUT2D eigenvalue weighted by molar-refractivity contribution is 6.32. The predicted molar refractivity (Wildman–Crippen MR) is 143 cm³/mol. The van der Waals surface area contributed by atoms with Crippen LogP contribution in [0.4, 0.5) is 0 Å². The first kappa shape index (κ1) is 27.7. The van der Waals surface area contributed by atoms with E-state index in [0.717, 1.165) is 11.1 Å². The number of hydrogen-bond donors (Lipinski definition) is 3. The van der Waals surface area contributed by atoms with E-state index in [4.69, 9.17) is 16.3 Å². The number of halogens is 1. The fourth-order valence-corrected chi connectivity index (χ4v) is 4.01. The zero-order valence-corrected chi connectivity index (χ0v) is 22.3. The lowest BCUT2D eigenvalue weighted by Gasteiger charge is -2.19. The molecule has 0 saturated carbocycles. The molecule has 0 unspecified atom stereocenters. The van der Waals surface area contributed by atoms with Crippen LogP contribution < -0.4 is 20.7 Å². The summed E-state index contributed by atoms with van der Waals surface area (Å²) in [6.07, 6.45) is 2.29. The number of nitrogens with one attached hydrogen (secondary N) is 3. The largest absolute Gasteiger partial charge is 0.489 e. The van der Waals surface area contributed by atoms with E-state index >= 15 is 0 Å². The van der Waals surface area contributed by atoms with Gasteiger partial charge in [0.25, 0.3) is 11.8 Å². The number of carbonyl (C=O) groups is 3. The van der Waals surface area contributed by atoms with Crippen LogP contribution in [0.5, 0.6) is 5.75 Å². The lowest BCUT2D eigenvalue weighted by atomic mass is 10.0. The molecule has 0 aliphatic rings. The number of carbonyl (C=O) groups excluding carboxylic acids is 3. The monoisotopic (exact) mass is 525 g/mol. The number of amides is 3. The SMILES string of the molecule is CNC(=O)C[C@H](Cc1ccc(-c2cn(C)c(C(=O)NC)n2)cc1)NC(=O)c1ccc(OC(C)C)c(Cl)c1. The van der Waals surface area contributed by atoms with Gasteiger partial charge in [-0.15, -0.1) is 0 Å². The second-order valence-electron chi connectivity index (χ2n) is 8.90.